The molecule has 25 heavy (non-hydrogen) atoms. The second-order valence-corrected chi connectivity index (χ2v) is 6.19. The summed E-state index contributed by atoms with van der Waals surface area (Å²) < 4.78 is 12.2. The Morgan fingerprint density at radius 1 is 0.720 bits per heavy atom. The summed E-state index contributed by atoms with van der Waals surface area (Å²) >= 11 is 0. The van der Waals surface area contributed by atoms with Crippen molar-refractivity contribution < 1.29 is 9.47 Å². The van der Waals surface area contributed by atoms with Crippen molar-refractivity contribution in [2.45, 2.75) is 18.9 Å². The molecule has 1 fully saturated rings. The fraction of sp³-hybridized carbons (Fsp3) is 0.182. The SMILES string of the molecule is c1ccc(Oc2ccc([C@@H]3CCCN3)cc2Oc2ccccc2)cc1. The number of ether oxygens (including phenoxy) is 2. The van der Waals surface area contributed by atoms with E-state index in [1.165, 1.54) is 12.0 Å². The monoisotopic (exact) mass is 331 g/mol. The lowest BCUT2D eigenvalue weighted by molar-refractivity contribution is 0.417. The Hall–Kier alpha value is -2.78. The Morgan fingerprint density at radius 3 is 1.96 bits per heavy atom. The van der Waals surface area contributed by atoms with Crippen molar-refractivity contribution in [1.82, 2.24) is 5.32 Å². The van der Waals surface area contributed by atoms with Gasteiger partial charge in [0.25, 0.3) is 0 Å². The third-order valence-electron chi connectivity index (χ3n) is 4.37. The predicted octanol–water partition coefficient (Wildman–Crippen LogP) is 5.70. The molecule has 3 aromatic carbocycles. The van der Waals surface area contributed by atoms with Crippen LogP contribution in [0.25, 0.3) is 0 Å². The van der Waals surface area contributed by atoms with Crippen LogP contribution in [0.4, 0.5) is 0 Å². The molecule has 0 unspecified atom stereocenters. The van der Waals surface area contributed by atoms with Gasteiger partial charge in [-0.1, -0.05) is 42.5 Å². The molecule has 0 aromatic heterocycles. The summed E-state index contributed by atoms with van der Waals surface area (Å²) in [4.78, 5) is 0. The van der Waals surface area contributed by atoms with Gasteiger partial charge >= 0.3 is 0 Å². The average molecular weight is 331 g/mol. The van der Waals surface area contributed by atoms with Gasteiger partial charge in [0, 0.05) is 6.04 Å². The van der Waals surface area contributed by atoms with Crippen LogP contribution in [0.2, 0.25) is 0 Å². The van der Waals surface area contributed by atoms with Crippen LogP contribution >= 0.6 is 0 Å². The number of para-hydroxylation sites is 2. The number of hydrogen-bond donors (Lipinski definition) is 1. The number of hydrogen-bond acceptors (Lipinski definition) is 3. The zero-order chi connectivity index (χ0) is 16.9. The van der Waals surface area contributed by atoms with Crippen molar-refractivity contribution in [3.8, 4) is 23.0 Å². The predicted molar refractivity (Wildman–Crippen MR) is 99.5 cm³/mol. The van der Waals surface area contributed by atoms with Gasteiger partial charge in [0.1, 0.15) is 11.5 Å². The van der Waals surface area contributed by atoms with Gasteiger partial charge in [0.15, 0.2) is 11.5 Å². The van der Waals surface area contributed by atoms with E-state index in [-0.39, 0.29) is 0 Å². The van der Waals surface area contributed by atoms with Gasteiger partial charge in [0.2, 0.25) is 0 Å². The van der Waals surface area contributed by atoms with E-state index >= 15 is 0 Å². The highest BCUT2D eigenvalue weighted by Crippen LogP contribution is 2.38. The quantitative estimate of drug-likeness (QED) is 0.651. The standard InChI is InChI=1S/C22H21NO2/c1-3-8-18(9-4-1)24-21-14-13-17(20-12-7-15-23-20)16-22(21)25-19-10-5-2-6-11-19/h1-6,8-11,13-14,16,20,23H,7,12,15H2/t20-/m0/s1. The topological polar surface area (TPSA) is 30.5 Å². The van der Waals surface area contributed by atoms with Gasteiger partial charge in [-0.25, -0.2) is 0 Å². The van der Waals surface area contributed by atoms with Crippen molar-refractivity contribution in [2.75, 3.05) is 6.54 Å². The van der Waals surface area contributed by atoms with Crippen LogP contribution in [0.3, 0.4) is 0 Å². The molecule has 1 N–H and O–H groups in total. The lowest BCUT2D eigenvalue weighted by atomic mass is 10.0. The maximum atomic E-state index is 6.13. The van der Waals surface area contributed by atoms with Gasteiger partial charge in [-0.05, 0) is 61.3 Å². The molecular formula is C22H21NO2. The van der Waals surface area contributed by atoms with Crippen LogP contribution in [-0.2, 0) is 0 Å². The number of nitrogens with one attached hydrogen (secondary N) is 1. The van der Waals surface area contributed by atoms with Crippen molar-refractivity contribution >= 4 is 0 Å². The van der Waals surface area contributed by atoms with Crippen LogP contribution in [0.5, 0.6) is 23.0 Å². The van der Waals surface area contributed by atoms with E-state index in [0.717, 1.165) is 36.0 Å². The minimum atomic E-state index is 0.392. The summed E-state index contributed by atoms with van der Waals surface area (Å²) in [5.41, 5.74) is 1.24. The number of benzene rings is 3. The molecule has 1 heterocycles. The zero-order valence-corrected chi connectivity index (χ0v) is 14.0. The van der Waals surface area contributed by atoms with Crippen LogP contribution < -0.4 is 14.8 Å². The summed E-state index contributed by atoms with van der Waals surface area (Å²) in [6.45, 7) is 1.07. The van der Waals surface area contributed by atoms with E-state index in [2.05, 4.69) is 17.4 Å². The van der Waals surface area contributed by atoms with E-state index in [4.69, 9.17) is 9.47 Å². The maximum Gasteiger partial charge on any atom is 0.170 e. The molecule has 1 aliphatic heterocycles. The Bertz CT molecular complexity index is 812. The first-order valence-electron chi connectivity index (χ1n) is 8.72. The lowest BCUT2D eigenvalue weighted by Gasteiger charge is -2.16. The highest BCUT2D eigenvalue weighted by atomic mass is 16.5. The molecule has 0 bridgehead atoms. The summed E-state index contributed by atoms with van der Waals surface area (Å²) in [6, 6.07) is 26.2. The fourth-order valence-corrected chi connectivity index (χ4v) is 3.11. The van der Waals surface area contributed by atoms with E-state index in [0.29, 0.717) is 6.04 Å². The molecule has 0 radical (unpaired) electrons. The van der Waals surface area contributed by atoms with Crippen LogP contribution in [0.1, 0.15) is 24.4 Å². The first-order chi connectivity index (χ1) is 12.4. The first kappa shape index (κ1) is 15.7. The molecule has 0 aliphatic carbocycles. The second kappa shape index (κ2) is 7.41. The molecule has 0 amide bonds. The first-order valence-corrected chi connectivity index (χ1v) is 8.72. The highest BCUT2D eigenvalue weighted by molar-refractivity contribution is 5.48. The van der Waals surface area contributed by atoms with Crippen LogP contribution in [0.15, 0.2) is 78.9 Å². The Labute approximate surface area is 148 Å². The third kappa shape index (κ3) is 3.83. The molecule has 1 aliphatic rings. The Kier molecular flexibility index (Phi) is 4.66. The maximum absolute atomic E-state index is 6.13. The Morgan fingerprint density at radius 2 is 1.36 bits per heavy atom. The van der Waals surface area contributed by atoms with Gasteiger partial charge in [-0.15, -0.1) is 0 Å². The molecule has 4 rings (SSSR count). The average Bonchev–Trinajstić information content (AvgIpc) is 3.20. The summed E-state index contributed by atoms with van der Waals surface area (Å²) in [5, 5.41) is 3.54. The number of rotatable bonds is 5. The van der Waals surface area contributed by atoms with E-state index in [1.807, 2.05) is 66.7 Å². The summed E-state index contributed by atoms with van der Waals surface area (Å²) in [6.07, 6.45) is 2.37. The largest absolute Gasteiger partial charge is 0.453 e. The van der Waals surface area contributed by atoms with Gasteiger partial charge in [-0.3, -0.25) is 0 Å². The van der Waals surface area contributed by atoms with Gasteiger partial charge < -0.3 is 14.8 Å². The molecule has 126 valence electrons. The Balaban J connectivity index is 1.66. The second-order valence-electron chi connectivity index (χ2n) is 6.19. The van der Waals surface area contributed by atoms with Gasteiger partial charge in [0.05, 0.1) is 0 Å². The molecule has 1 saturated heterocycles. The molecule has 0 saturated carbocycles. The third-order valence-corrected chi connectivity index (χ3v) is 4.37. The molecule has 3 nitrogen and oxygen atoms in total. The lowest BCUT2D eigenvalue weighted by Crippen LogP contribution is -2.12. The van der Waals surface area contributed by atoms with Crippen molar-refractivity contribution in [3.63, 3.8) is 0 Å². The van der Waals surface area contributed by atoms with Crippen molar-refractivity contribution in [2.24, 2.45) is 0 Å². The highest BCUT2D eigenvalue weighted by Gasteiger charge is 2.18. The van der Waals surface area contributed by atoms with E-state index < -0.39 is 0 Å². The fourth-order valence-electron chi connectivity index (χ4n) is 3.11. The van der Waals surface area contributed by atoms with Crippen LogP contribution in [0, 0.1) is 0 Å². The van der Waals surface area contributed by atoms with E-state index in [1.54, 1.807) is 0 Å². The van der Waals surface area contributed by atoms with E-state index in [9.17, 15) is 0 Å². The minimum absolute atomic E-state index is 0.392. The summed E-state index contributed by atoms with van der Waals surface area (Å²) in [5.74, 6) is 3.06. The molecule has 1 atom stereocenters. The van der Waals surface area contributed by atoms with Crippen LogP contribution in [-0.4, -0.2) is 6.54 Å². The van der Waals surface area contributed by atoms with Gasteiger partial charge in [-0.2, -0.15) is 0 Å². The zero-order valence-electron chi connectivity index (χ0n) is 14.0. The minimum Gasteiger partial charge on any atom is -0.453 e. The molecule has 0 spiro atoms. The smallest absolute Gasteiger partial charge is 0.170 e. The normalized spacial score (nSPS) is 16.6. The molecular weight excluding hydrogens is 310 g/mol. The van der Waals surface area contributed by atoms with Crippen molar-refractivity contribution in [3.05, 3.63) is 84.4 Å². The molecule has 3 aromatic rings. The summed E-state index contributed by atoms with van der Waals surface area (Å²) in [7, 11) is 0. The molecule has 3 heteroatoms. The van der Waals surface area contributed by atoms with Crippen molar-refractivity contribution in [1.29, 1.82) is 0 Å².